The number of hydrogen-bond donors (Lipinski definition) is 3. The molecule has 0 radical (unpaired) electrons. The molecule has 7 heteroatoms. The molecule has 3 rings (SSSR count). The van der Waals surface area contributed by atoms with Gasteiger partial charge in [0.25, 0.3) is 0 Å². The highest BCUT2D eigenvalue weighted by atomic mass is 127. The number of rotatable bonds is 7. The Balaban J connectivity index is 0.00000341. The van der Waals surface area contributed by atoms with E-state index in [1.165, 1.54) is 31.2 Å². The minimum absolute atomic E-state index is 0. The van der Waals surface area contributed by atoms with Gasteiger partial charge in [0.2, 0.25) is 5.91 Å². The summed E-state index contributed by atoms with van der Waals surface area (Å²) in [7, 11) is 1.82. The lowest BCUT2D eigenvalue weighted by Crippen LogP contribution is -2.55. The molecule has 0 bridgehead atoms. The first-order chi connectivity index (χ1) is 14.4. The second-order valence-corrected chi connectivity index (χ2v) is 9.26. The molecule has 2 fully saturated rings. The van der Waals surface area contributed by atoms with Crippen LogP contribution in [0.3, 0.4) is 0 Å². The van der Waals surface area contributed by atoms with Crippen LogP contribution in [0.4, 0.5) is 0 Å². The fourth-order valence-corrected chi connectivity index (χ4v) is 4.79. The predicted molar refractivity (Wildman–Crippen MR) is 139 cm³/mol. The van der Waals surface area contributed by atoms with Crippen LogP contribution in [-0.2, 0) is 4.79 Å². The first-order valence-corrected chi connectivity index (χ1v) is 11.5. The van der Waals surface area contributed by atoms with Crippen LogP contribution in [0, 0.1) is 5.92 Å². The molecule has 1 aliphatic heterocycles. The van der Waals surface area contributed by atoms with Gasteiger partial charge < -0.3 is 20.9 Å². The van der Waals surface area contributed by atoms with Crippen LogP contribution in [-0.4, -0.2) is 55.0 Å². The van der Waals surface area contributed by atoms with Gasteiger partial charge in [0.05, 0.1) is 0 Å². The highest BCUT2D eigenvalue weighted by Gasteiger charge is 2.35. The van der Waals surface area contributed by atoms with Gasteiger partial charge in [-0.1, -0.05) is 57.0 Å². The lowest BCUT2D eigenvalue weighted by atomic mass is 9.94. The van der Waals surface area contributed by atoms with Gasteiger partial charge in [-0.2, -0.15) is 0 Å². The van der Waals surface area contributed by atoms with Crippen molar-refractivity contribution in [1.29, 1.82) is 0 Å². The van der Waals surface area contributed by atoms with Crippen molar-refractivity contribution in [3.05, 3.63) is 35.9 Å². The zero-order valence-corrected chi connectivity index (χ0v) is 21.8. The Labute approximate surface area is 205 Å². The number of amides is 1. The number of carbonyl (C=O) groups excluding carboxylic acids is 1. The van der Waals surface area contributed by atoms with Crippen LogP contribution in [0.2, 0.25) is 0 Å². The number of hydrogen-bond acceptors (Lipinski definition) is 3. The molecule has 2 atom stereocenters. The number of likely N-dealkylation sites (tertiary alicyclic amines) is 1. The molecule has 1 heterocycles. The largest absolute Gasteiger partial charge is 0.355 e. The number of guanidine groups is 1. The Kier molecular flexibility index (Phi) is 10.1. The number of nitrogens with one attached hydrogen (secondary N) is 3. The van der Waals surface area contributed by atoms with Gasteiger partial charge in [-0.05, 0) is 31.7 Å². The van der Waals surface area contributed by atoms with Crippen molar-refractivity contribution in [2.24, 2.45) is 10.9 Å². The average molecular weight is 542 g/mol. The van der Waals surface area contributed by atoms with Gasteiger partial charge in [0.1, 0.15) is 0 Å². The lowest BCUT2D eigenvalue weighted by Gasteiger charge is -2.35. The van der Waals surface area contributed by atoms with Crippen LogP contribution in [0.1, 0.15) is 64.5 Å². The molecular formula is C24H40IN5O. The molecule has 1 saturated heterocycles. The molecular weight excluding hydrogens is 501 g/mol. The van der Waals surface area contributed by atoms with Gasteiger partial charge in [-0.3, -0.25) is 9.79 Å². The topological polar surface area (TPSA) is 68.8 Å². The van der Waals surface area contributed by atoms with Gasteiger partial charge in [0.15, 0.2) is 5.96 Å². The summed E-state index contributed by atoms with van der Waals surface area (Å²) in [5.41, 5.74) is 1.41. The van der Waals surface area contributed by atoms with E-state index in [-0.39, 0.29) is 47.4 Å². The molecule has 174 valence electrons. The molecule has 1 aliphatic carbocycles. The molecule has 0 aromatic heterocycles. The van der Waals surface area contributed by atoms with Gasteiger partial charge in [-0.15, -0.1) is 24.0 Å². The second-order valence-electron chi connectivity index (χ2n) is 9.26. The average Bonchev–Trinajstić information content (AvgIpc) is 3.41. The molecule has 1 aromatic rings. The fraction of sp³-hybridized carbons (Fsp3) is 0.667. The SMILES string of the molecule is CN=C(NCC1(NC(C)c2ccccc2)CCCC1)NC1CCN(C(=O)C(C)C)C1.I. The smallest absolute Gasteiger partial charge is 0.225 e. The number of aliphatic imine (C=N–C) groups is 1. The van der Waals surface area contributed by atoms with E-state index in [1.54, 1.807) is 0 Å². The third kappa shape index (κ3) is 7.07. The monoisotopic (exact) mass is 541 g/mol. The molecule has 6 nitrogen and oxygen atoms in total. The van der Waals surface area contributed by atoms with E-state index in [0.717, 1.165) is 32.0 Å². The Bertz CT molecular complexity index is 718. The van der Waals surface area contributed by atoms with Crippen LogP contribution in [0.15, 0.2) is 35.3 Å². The first kappa shape index (κ1) is 25.9. The minimum Gasteiger partial charge on any atom is -0.355 e. The van der Waals surface area contributed by atoms with Crippen LogP contribution >= 0.6 is 24.0 Å². The summed E-state index contributed by atoms with van der Waals surface area (Å²) < 4.78 is 0. The maximum Gasteiger partial charge on any atom is 0.225 e. The summed E-state index contributed by atoms with van der Waals surface area (Å²) in [5.74, 6) is 1.13. The van der Waals surface area contributed by atoms with E-state index >= 15 is 0 Å². The summed E-state index contributed by atoms with van der Waals surface area (Å²) in [4.78, 5) is 18.7. The highest BCUT2D eigenvalue weighted by molar-refractivity contribution is 14.0. The number of halogens is 1. The third-order valence-corrected chi connectivity index (χ3v) is 6.54. The molecule has 2 unspecified atom stereocenters. The van der Waals surface area contributed by atoms with Crippen molar-refractivity contribution in [2.75, 3.05) is 26.7 Å². The molecule has 0 spiro atoms. The Morgan fingerprint density at radius 2 is 1.87 bits per heavy atom. The van der Waals surface area contributed by atoms with E-state index in [1.807, 2.05) is 25.8 Å². The van der Waals surface area contributed by atoms with Gasteiger partial charge in [-0.25, -0.2) is 0 Å². The van der Waals surface area contributed by atoms with Crippen molar-refractivity contribution in [1.82, 2.24) is 20.9 Å². The zero-order chi connectivity index (χ0) is 21.6. The van der Waals surface area contributed by atoms with Crippen molar-refractivity contribution in [2.45, 2.75) is 70.5 Å². The number of nitrogens with zero attached hydrogens (tertiary/aromatic N) is 2. The number of benzene rings is 1. The van der Waals surface area contributed by atoms with Crippen LogP contribution < -0.4 is 16.0 Å². The quantitative estimate of drug-likeness (QED) is 0.280. The van der Waals surface area contributed by atoms with Gasteiger partial charge in [0, 0.05) is 50.2 Å². The fourth-order valence-electron chi connectivity index (χ4n) is 4.79. The maximum atomic E-state index is 12.3. The Hall–Kier alpha value is -1.35. The minimum atomic E-state index is 0. The zero-order valence-electron chi connectivity index (χ0n) is 19.5. The van der Waals surface area contributed by atoms with Crippen molar-refractivity contribution in [3.8, 4) is 0 Å². The summed E-state index contributed by atoms with van der Waals surface area (Å²) >= 11 is 0. The molecule has 1 saturated carbocycles. The third-order valence-electron chi connectivity index (χ3n) is 6.54. The first-order valence-electron chi connectivity index (χ1n) is 11.5. The standard InChI is InChI=1S/C24H39N5O.HI/c1-18(2)22(30)29-15-12-21(16-29)27-23(25-4)26-17-24(13-8-9-14-24)28-19(3)20-10-6-5-7-11-20;/h5-7,10-11,18-19,21,28H,8-9,12-17H2,1-4H3,(H2,25,26,27);1H. The summed E-state index contributed by atoms with van der Waals surface area (Å²) in [6.07, 6.45) is 5.84. The molecule has 1 aromatic carbocycles. The van der Waals surface area contributed by atoms with E-state index < -0.39 is 0 Å². The Morgan fingerprint density at radius 3 is 2.48 bits per heavy atom. The van der Waals surface area contributed by atoms with Crippen LogP contribution in [0.25, 0.3) is 0 Å². The summed E-state index contributed by atoms with van der Waals surface area (Å²) in [6, 6.07) is 11.2. The van der Waals surface area contributed by atoms with Gasteiger partial charge >= 0.3 is 0 Å². The molecule has 2 aliphatic rings. The van der Waals surface area contributed by atoms with Crippen molar-refractivity contribution >= 4 is 35.8 Å². The molecule has 1 amide bonds. The van der Waals surface area contributed by atoms with Crippen molar-refractivity contribution in [3.63, 3.8) is 0 Å². The van der Waals surface area contributed by atoms with E-state index in [2.05, 4.69) is 58.2 Å². The van der Waals surface area contributed by atoms with E-state index in [9.17, 15) is 4.79 Å². The van der Waals surface area contributed by atoms with Crippen LogP contribution in [0.5, 0.6) is 0 Å². The van der Waals surface area contributed by atoms with Crippen molar-refractivity contribution < 1.29 is 4.79 Å². The highest BCUT2D eigenvalue weighted by Crippen LogP contribution is 2.31. The molecule has 3 N–H and O–H groups in total. The summed E-state index contributed by atoms with van der Waals surface area (Å²) in [5, 5.41) is 11.0. The maximum absolute atomic E-state index is 12.3. The second kappa shape index (κ2) is 12.0. The number of carbonyl (C=O) groups is 1. The predicted octanol–water partition coefficient (Wildman–Crippen LogP) is 3.69. The lowest BCUT2D eigenvalue weighted by molar-refractivity contribution is -0.133. The van der Waals surface area contributed by atoms with E-state index in [4.69, 9.17) is 0 Å². The Morgan fingerprint density at radius 1 is 1.19 bits per heavy atom. The van der Waals surface area contributed by atoms with E-state index in [0.29, 0.717) is 6.04 Å². The molecule has 31 heavy (non-hydrogen) atoms. The summed E-state index contributed by atoms with van der Waals surface area (Å²) in [6.45, 7) is 8.62. The normalized spacial score (nSPS) is 21.6.